The Kier molecular flexibility index (Phi) is 4.55. The van der Waals surface area contributed by atoms with Crippen molar-refractivity contribution in [2.75, 3.05) is 24.3 Å². The first-order valence-corrected chi connectivity index (χ1v) is 8.49. The van der Waals surface area contributed by atoms with Gasteiger partial charge in [0.25, 0.3) is 5.91 Å². The van der Waals surface area contributed by atoms with Crippen LogP contribution >= 0.6 is 11.3 Å². The molecule has 0 radical (unpaired) electrons. The summed E-state index contributed by atoms with van der Waals surface area (Å²) in [7, 11) is -0.815. The van der Waals surface area contributed by atoms with Gasteiger partial charge in [-0.05, 0) is 12.5 Å². The summed E-state index contributed by atoms with van der Waals surface area (Å²) < 4.78 is 11.9. The highest BCUT2D eigenvalue weighted by Gasteiger charge is 2.15. The largest absolute Gasteiger partial charge is 0.397 e. The average Bonchev–Trinajstić information content (AvgIpc) is 2.72. The van der Waals surface area contributed by atoms with E-state index < -0.39 is 10.8 Å². The zero-order valence-corrected chi connectivity index (χ0v) is 12.3. The molecule has 0 saturated heterocycles. The molecular weight excluding hydrogens is 280 g/mol. The molecule has 6 heteroatoms. The third-order valence-electron chi connectivity index (χ3n) is 2.73. The summed E-state index contributed by atoms with van der Waals surface area (Å²) in [5.41, 5.74) is 6.53. The van der Waals surface area contributed by atoms with Crippen LogP contribution in [-0.4, -0.2) is 28.7 Å². The molecule has 3 N–H and O–H groups in total. The number of anilines is 1. The lowest BCUT2D eigenvalue weighted by Gasteiger charge is -2.03. The molecule has 1 atom stereocenters. The topological polar surface area (TPSA) is 72.2 Å². The van der Waals surface area contributed by atoms with Crippen LogP contribution in [0.2, 0.25) is 0 Å². The maximum absolute atomic E-state index is 12.0. The molecule has 0 bridgehead atoms. The number of nitrogens with one attached hydrogen (secondary N) is 1. The second-order valence-corrected chi connectivity index (χ2v) is 6.83. The molecule has 1 heterocycles. The Hall–Kier alpha value is -1.40. The minimum Gasteiger partial charge on any atom is -0.397 e. The number of nitrogens with two attached hydrogens (primary N) is 1. The molecule has 1 amide bonds. The molecule has 4 nitrogen and oxygen atoms in total. The summed E-state index contributed by atoms with van der Waals surface area (Å²) >= 11 is 1.40. The van der Waals surface area contributed by atoms with Crippen LogP contribution in [-0.2, 0) is 10.8 Å². The van der Waals surface area contributed by atoms with Crippen LogP contribution < -0.4 is 11.1 Å². The van der Waals surface area contributed by atoms with Gasteiger partial charge in [0.05, 0.1) is 5.69 Å². The normalized spacial score (nSPS) is 12.5. The maximum Gasteiger partial charge on any atom is 0.263 e. The predicted molar refractivity (Wildman–Crippen MR) is 82.1 cm³/mol. The lowest BCUT2D eigenvalue weighted by Crippen LogP contribution is -2.25. The van der Waals surface area contributed by atoms with Gasteiger partial charge in [0.1, 0.15) is 4.88 Å². The smallest absolute Gasteiger partial charge is 0.263 e. The molecule has 0 spiro atoms. The summed E-state index contributed by atoms with van der Waals surface area (Å²) in [6, 6.07) is 7.70. The highest BCUT2D eigenvalue weighted by atomic mass is 32.2. The number of benzene rings is 1. The number of amides is 1. The summed E-state index contributed by atoms with van der Waals surface area (Å²) in [4.78, 5) is 12.6. The van der Waals surface area contributed by atoms with E-state index in [2.05, 4.69) is 5.32 Å². The third kappa shape index (κ3) is 3.33. The number of nitrogen functional groups attached to an aromatic ring is 1. The standard InChI is InChI=1S/C13H16N2O2S2/c1-19(17)8-4-7-15-13(16)12-11(14)9-5-2-3-6-10(9)18-12/h2-3,5-6H,4,7-8,14H2,1H3,(H,15,16). The van der Waals surface area contributed by atoms with E-state index in [-0.39, 0.29) is 5.91 Å². The molecule has 1 aromatic heterocycles. The minimum absolute atomic E-state index is 0.152. The molecule has 2 aromatic rings. The lowest BCUT2D eigenvalue weighted by atomic mass is 10.2. The van der Waals surface area contributed by atoms with Gasteiger partial charge in [-0.1, -0.05) is 18.2 Å². The van der Waals surface area contributed by atoms with Gasteiger partial charge in [-0.25, -0.2) is 0 Å². The number of fused-ring (bicyclic) bond motifs is 1. The Labute approximate surface area is 118 Å². The van der Waals surface area contributed by atoms with Crippen LogP contribution in [0.5, 0.6) is 0 Å². The Morgan fingerprint density at radius 1 is 1.42 bits per heavy atom. The Morgan fingerprint density at radius 3 is 2.84 bits per heavy atom. The van der Waals surface area contributed by atoms with Gasteiger partial charge in [-0.3, -0.25) is 9.00 Å². The number of hydrogen-bond acceptors (Lipinski definition) is 4. The SMILES string of the molecule is CS(=O)CCCNC(=O)c1sc2ccccc2c1N. The molecule has 2 rings (SSSR count). The maximum atomic E-state index is 12.0. The van der Waals surface area contributed by atoms with E-state index in [1.807, 2.05) is 24.3 Å². The van der Waals surface area contributed by atoms with Crippen molar-refractivity contribution in [2.45, 2.75) is 6.42 Å². The second-order valence-electron chi connectivity index (χ2n) is 4.23. The van der Waals surface area contributed by atoms with Gasteiger partial charge in [-0.15, -0.1) is 11.3 Å². The Bertz CT molecular complexity index is 622. The molecule has 0 aliphatic carbocycles. The van der Waals surface area contributed by atoms with E-state index in [1.54, 1.807) is 6.26 Å². The van der Waals surface area contributed by atoms with Crippen molar-refractivity contribution >= 4 is 43.8 Å². The molecule has 0 saturated carbocycles. The molecule has 0 aliphatic rings. The fraction of sp³-hybridized carbons (Fsp3) is 0.308. The first-order valence-electron chi connectivity index (χ1n) is 5.95. The Balaban J connectivity index is 2.05. The first-order chi connectivity index (χ1) is 9.09. The van der Waals surface area contributed by atoms with Crippen molar-refractivity contribution in [2.24, 2.45) is 0 Å². The van der Waals surface area contributed by atoms with E-state index in [0.717, 1.165) is 10.1 Å². The molecule has 0 aliphatic heterocycles. The number of carbonyl (C=O) groups excluding carboxylic acids is 1. The van der Waals surface area contributed by atoms with Crippen LogP contribution in [0, 0.1) is 0 Å². The quantitative estimate of drug-likeness (QED) is 0.829. The van der Waals surface area contributed by atoms with Crippen molar-refractivity contribution < 1.29 is 9.00 Å². The third-order valence-corrected chi connectivity index (χ3v) is 4.78. The van der Waals surface area contributed by atoms with Gasteiger partial charge in [0, 0.05) is 39.4 Å². The molecular formula is C13H16N2O2S2. The molecule has 1 unspecified atom stereocenters. The van der Waals surface area contributed by atoms with Crippen molar-refractivity contribution in [3.8, 4) is 0 Å². The number of thiophene rings is 1. The van der Waals surface area contributed by atoms with Crippen molar-refractivity contribution in [3.63, 3.8) is 0 Å². The molecule has 1 aromatic carbocycles. The van der Waals surface area contributed by atoms with Crippen LogP contribution in [0.3, 0.4) is 0 Å². The summed E-state index contributed by atoms with van der Waals surface area (Å²) in [5, 5.41) is 3.74. The van der Waals surface area contributed by atoms with Gasteiger partial charge in [0.15, 0.2) is 0 Å². The highest BCUT2D eigenvalue weighted by Crippen LogP contribution is 2.33. The van der Waals surface area contributed by atoms with Crippen LogP contribution in [0.4, 0.5) is 5.69 Å². The zero-order chi connectivity index (χ0) is 13.8. The fourth-order valence-electron chi connectivity index (χ4n) is 1.79. The Morgan fingerprint density at radius 2 is 2.16 bits per heavy atom. The number of rotatable bonds is 5. The zero-order valence-electron chi connectivity index (χ0n) is 10.6. The van der Waals surface area contributed by atoms with Gasteiger partial charge in [-0.2, -0.15) is 0 Å². The van der Waals surface area contributed by atoms with Crippen LogP contribution in [0.1, 0.15) is 16.1 Å². The van der Waals surface area contributed by atoms with Gasteiger partial charge < -0.3 is 11.1 Å². The van der Waals surface area contributed by atoms with Gasteiger partial charge >= 0.3 is 0 Å². The molecule has 19 heavy (non-hydrogen) atoms. The predicted octanol–water partition coefficient (Wildman–Crippen LogP) is 1.98. The van der Waals surface area contributed by atoms with E-state index in [9.17, 15) is 9.00 Å². The van der Waals surface area contributed by atoms with Gasteiger partial charge in [0.2, 0.25) is 0 Å². The van der Waals surface area contributed by atoms with Crippen LogP contribution in [0.15, 0.2) is 24.3 Å². The van der Waals surface area contributed by atoms with E-state index >= 15 is 0 Å². The average molecular weight is 296 g/mol. The summed E-state index contributed by atoms with van der Waals surface area (Å²) in [6.45, 7) is 0.520. The molecule has 0 fully saturated rings. The second kappa shape index (κ2) is 6.16. The lowest BCUT2D eigenvalue weighted by molar-refractivity contribution is 0.0958. The van der Waals surface area contributed by atoms with Crippen molar-refractivity contribution in [1.82, 2.24) is 5.32 Å². The van der Waals surface area contributed by atoms with E-state index in [0.29, 0.717) is 29.3 Å². The highest BCUT2D eigenvalue weighted by molar-refractivity contribution is 7.84. The summed E-state index contributed by atoms with van der Waals surface area (Å²) in [5.74, 6) is 0.447. The van der Waals surface area contributed by atoms with Crippen molar-refractivity contribution in [1.29, 1.82) is 0 Å². The van der Waals surface area contributed by atoms with E-state index in [1.165, 1.54) is 11.3 Å². The minimum atomic E-state index is -0.815. The fourth-order valence-corrected chi connectivity index (χ4v) is 3.38. The monoisotopic (exact) mass is 296 g/mol. The van der Waals surface area contributed by atoms with Crippen LogP contribution in [0.25, 0.3) is 10.1 Å². The first kappa shape index (κ1) is 14.0. The molecule has 102 valence electrons. The summed E-state index contributed by atoms with van der Waals surface area (Å²) in [6.07, 6.45) is 2.37. The number of hydrogen-bond donors (Lipinski definition) is 2. The van der Waals surface area contributed by atoms with Crippen molar-refractivity contribution in [3.05, 3.63) is 29.1 Å². The van der Waals surface area contributed by atoms with E-state index in [4.69, 9.17) is 5.73 Å². The number of carbonyl (C=O) groups is 1.